The van der Waals surface area contributed by atoms with Gasteiger partial charge in [-0.2, -0.15) is 0 Å². The van der Waals surface area contributed by atoms with Crippen LogP contribution in [0.2, 0.25) is 0 Å². The lowest BCUT2D eigenvalue weighted by Gasteiger charge is -2.38. The Morgan fingerprint density at radius 2 is 0.439 bits per heavy atom. The second-order valence-electron chi connectivity index (χ2n) is 21.0. The van der Waals surface area contributed by atoms with Gasteiger partial charge in [-0.25, -0.2) is 0 Å². The van der Waals surface area contributed by atoms with Gasteiger partial charge in [0.1, 0.15) is 0 Å². The molecule has 0 nitrogen and oxygen atoms in total. The van der Waals surface area contributed by atoms with Crippen LogP contribution in [0, 0.1) is 0 Å². The predicted octanol–water partition coefficient (Wildman–Crippen LogP) is 15.4. The normalized spacial score (nSPS) is 22.9. The van der Waals surface area contributed by atoms with Gasteiger partial charge in [-0.05, 0) is 216 Å². The third-order valence-electron chi connectivity index (χ3n) is 21.0. The molecule has 1 heteroatoms. The Labute approximate surface area is 356 Å². The Bertz CT molecular complexity index is 1500. The van der Waals surface area contributed by atoms with Crippen LogP contribution >= 0.6 is 0 Å². The second-order valence-corrected chi connectivity index (χ2v) is 21.0. The zero-order valence-corrected chi connectivity index (χ0v) is 40.9. The highest BCUT2D eigenvalue weighted by molar-refractivity contribution is 6.69. The largest absolute Gasteiger partial charge is 0.193 e. The number of hydrogen-bond donors (Lipinski definition) is 0. The molecule has 0 unspecified atom stereocenters. The summed E-state index contributed by atoms with van der Waals surface area (Å²) in [7, 11) is 3.06. The fraction of sp³-hybridized carbons (Fsp3) is 0.786. The van der Waals surface area contributed by atoms with Crippen LogP contribution in [-0.4, -0.2) is 7.28 Å². The molecule has 57 heavy (non-hydrogen) atoms. The molecule has 2 aromatic carbocycles. The monoisotopic (exact) mass is 774 g/mol. The van der Waals surface area contributed by atoms with E-state index in [2.05, 4.69) is 130 Å². The number of rotatable bonds is 18. The van der Waals surface area contributed by atoms with Crippen LogP contribution in [0.3, 0.4) is 0 Å². The highest BCUT2D eigenvalue weighted by Gasteiger charge is 2.59. The van der Waals surface area contributed by atoms with Crippen molar-refractivity contribution in [2.75, 3.05) is 0 Å². The van der Waals surface area contributed by atoms with E-state index in [0.717, 1.165) is 0 Å². The summed E-state index contributed by atoms with van der Waals surface area (Å²) in [5.41, 5.74) is 19.8. The van der Waals surface area contributed by atoms with Gasteiger partial charge in [0.05, 0.1) is 0 Å². The molecule has 317 valence electrons. The molecule has 0 spiro atoms. The van der Waals surface area contributed by atoms with Crippen LogP contribution in [0.25, 0.3) is 0 Å². The highest BCUT2D eigenvalue weighted by atomic mass is 14.6. The maximum atomic E-state index is 3.06. The van der Waals surface area contributed by atoms with E-state index in [9.17, 15) is 0 Å². The minimum absolute atomic E-state index is 0.215. The maximum Gasteiger partial charge on any atom is 0.193 e. The first-order valence-corrected chi connectivity index (χ1v) is 25.5. The molecular weight excluding hydrogens is 683 g/mol. The zero-order valence-electron chi connectivity index (χ0n) is 40.9. The van der Waals surface area contributed by atoms with Gasteiger partial charge >= 0.3 is 0 Å². The van der Waals surface area contributed by atoms with Gasteiger partial charge in [0.15, 0.2) is 7.28 Å². The molecule has 0 atom stereocenters. The van der Waals surface area contributed by atoms with E-state index in [1.807, 2.05) is 22.3 Å². The van der Waals surface area contributed by atoms with Crippen LogP contribution in [0.15, 0.2) is 12.1 Å². The molecule has 0 saturated heterocycles. The van der Waals surface area contributed by atoms with Crippen molar-refractivity contribution in [3.05, 3.63) is 56.6 Å². The summed E-state index contributed by atoms with van der Waals surface area (Å²) < 4.78 is 0. The molecule has 0 aliphatic heterocycles. The van der Waals surface area contributed by atoms with Crippen LogP contribution in [-0.2, 0) is 43.3 Å². The van der Waals surface area contributed by atoms with Crippen molar-refractivity contribution in [2.24, 2.45) is 0 Å². The summed E-state index contributed by atoms with van der Waals surface area (Å²) in [6.45, 7) is 40.8. The smallest absolute Gasteiger partial charge is 0.0734 e. The SMILES string of the molecule is CCC1(CC)CC(CC)(CC)c2c1cc1c(c2[B]c2c3c(cc4c2C(CC)(CC)CC4(CC)CC)C(CC)(CC)CC3(CC)CC)C(CC)(CC)CC1(CC)CC. The zero-order chi connectivity index (χ0) is 42.0. The Kier molecular flexibility index (Phi) is 12.5. The Hall–Kier alpha value is -1.50. The Balaban J connectivity index is 1.92. The molecule has 0 N–H and O–H groups in total. The van der Waals surface area contributed by atoms with Gasteiger partial charge in [-0.3, -0.25) is 0 Å². The van der Waals surface area contributed by atoms with Crippen molar-refractivity contribution in [1.29, 1.82) is 0 Å². The van der Waals surface area contributed by atoms with Gasteiger partial charge in [0, 0.05) is 0 Å². The summed E-state index contributed by atoms with van der Waals surface area (Å²) in [5.74, 6) is 0. The van der Waals surface area contributed by atoms with Gasteiger partial charge < -0.3 is 0 Å². The number of benzene rings is 2. The third-order valence-corrected chi connectivity index (χ3v) is 21.0. The molecule has 1 radical (unpaired) electrons. The van der Waals surface area contributed by atoms with E-state index in [0.29, 0.717) is 0 Å². The van der Waals surface area contributed by atoms with Crippen LogP contribution in [0.1, 0.15) is 284 Å². The van der Waals surface area contributed by atoms with Crippen molar-refractivity contribution >= 4 is 18.2 Å². The molecule has 4 aliphatic rings. The first-order valence-electron chi connectivity index (χ1n) is 25.5. The quantitative estimate of drug-likeness (QED) is 0.132. The molecule has 0 heterocycles. The first-order chi connectivity index (χ1) is 27.2. The van der Waals surface area contributed by atoms with E-state index in [1.54, 1.807) is 33.2 Å². The van der Waals surface area contributed by atoms with E-state index in [4.69, 9.17) is 0 Å². The van der Waals surface area contributed by atoms with E-state index >= 15 is 0 Å². The summed E-state index contributed by atoms with van der Waals surface area (Å²) in [6, 6.07) is 5.84. The maximum absolute atomic E-state index is 3.06. The van der Waals surface area contributed by atoms with Crippen molar-refractivity contribution in [1.82, 2.24) is 0 Å². The topological polar surface area (TPSA) is 0 Å². The minimum Gasteiger partial charge on any atom is -0.0734 e. The van der Waals surface area contributed by atoms with Crippen LogP contribution < -0.4 is 10.9 Å². The van der Waals surface area contributed by atoms with Crippen LogP contribution in [0.4, 0.5) is 0 Å². The molecule has 0 saturated carbocycles. The highest BCUT2D eigenvalue weighted by Crippen LogP contribution is 2.64. The number of hydrogen-bond acceptors (Lipinski definition) is 0. The molecule has 0 aromatic heterocycles. The van der Waals surface area contributed by atoms with Crippen molar-refractivity contribution < 1.29 is 0 Å². The number of fused-ring (bicyclic) bond motifs is 4. The van der Waals surface area contributed by atoms with Gasteiger partial charge in [-0.15, -0.1) is 0 Å². The lowest BCUT2D eigenvalue weighted by atomic mass is 9.49. The third kappa shape index (κ3) is 5.69. The molecule has 0 bridgehead atoms. The molecule has 4 aliphatic carbocycles. The summed E-state index contributed by atoms with van der Waals surface area (Å²) >= 11 is 0. The second kappa shape index (κ2) is 15.8. The van der Waals surface area contributed by atoms with E-state index in [-0.39, 0.29) is 43.3 Å². The first kappa shape index (κ1) is 45.0. The summed E-state index contributed by atoms with van der Waals surface area (Å²) in [4.78, 5) is 0. The summed E-state index contributed by atoms with van der Waals surface area (Å²) in [5, 5.41) is 0. The fourth-order valence-corrected chi connectivity index (χ4v) is 16.1. The lowest BCUT2D eigenvalue weighted by molar-refractivity contribution is 0.278. The summed E-state index contributed by atoms with van der Waals surface area (Å²) in [6.07, 6.45) is 25.2. The predicted molar refractivity (Wildman–Crippen MR) is 254 cm³/mol. The Morgan fingerprint density at radius 3 is 0.579 bits per heavy atom. The standard InChI is InChI=1S/C56H90B/c1-17-49(18-2)35-53(25-9,26-10)43-39(49)33-40-44(54(27-11,28-12)36-50(40,19-3)20-4)47(43)57-48-45-41(51(21-5,22-6)37-55(45,29-13)30-14)34-42-46(48)56(31-15,32-16)38-52(42,23-7)24-8/h33-34H,17-32,35-38H2,1-16H3. The molecule has 0 fully saturated rings. The molecule has 2 aromatic rings. The Morgan fingerprint density at radius 1 is 0.281 bits per heavy atom. The molecular formula is C56H90B. The molecule has 0 amide bonds. The van der Waals surface area contributed by atoms with Gasteiger partial charge in [0.2, 0.25) is 0 Å². The minimum atomic E-state index is 0.215. The lowest BCUT2D eigenvalue weighted by Crippen LogP contribution is -2.47. The van der Waals surface area contributed by atoms with Crippen molar-refractivity contribution in [2.45, 2.75) is 283 Å². The average Bonchev–Trinajstić information content (AvgIpc) is 3.94. The van der Waals surface area contributed by atoms with Crippen molar-refractivity contribution in [3.63, 3.8) is 0 Å². The average molecular weight is 774 g/mol. The van der Waals surface area contributed by atoms with E-state index < -0.39 is 0 Å². The van der Waals surface area contributed by atoms with Crippen molar-refractivity contribution in [3.8, 4) is 0 Å². The van der Waals surface area contributed by atoms with Gasteiger partial charge in [0.25, 0.3) is 0 Å². The van der Waals surface area contributed by atoms with Gasteiger partial charge in [-0.1, -0.05) is 134 Å². The van der Waals surface area contributed by atoms with E-state index in [1.165, 1.54) is 128 Å². The molecule has 6 rings (SSSR count). The van der Waals surface area contributed by atoms with Crippen LogP contribution in [0.5, 0.6) is 0 Å². The fourth-order valence-electron chi connectivity index (χ4n) is 16.1.